The molecule has 0 radical (unpaired) electrons. The first-order valence-corrected chi connectivity index (χ1v) is 8.80. The van der Waals surface area contributed by atoms with Crippen molar-refractivity contribution in [2.24, 2.45) is 0 Å². The lowest BCUT2D eigenvalue weighted by Crippen LogP contribution is -2.14. The van der Waals surface area contributed by atoms with Crippen LogP contribution in [-0.2, 0) is 19.5 Å². The van der Waals surface area contributed by atoms with E-state index in [0.717, 1.165) is 29.6 Å². The molecule has 3 heterocycles. The molecule has 1 aromatic carbocycles. The van der Waals surface area contributed by atoms with Gasteiger partial charge >= 0.3 is 0 Å². The molecule has 1 unspecified atom stereocenters. The summed E-state index contributed by atoms with van der Waals surface area (Å²) < 4.78 is 42.4. The molecule has 6 nitrogen and oxygen atoms in total. The fraction of sp³-hybridized carbons (Fsp3) is 0.389. The van der Waals surface area contributed by atoms with Crippen molar-refractivity contribution < 1.29 is 13.2 Å². The monoisotopic (exact) mass is 376 g/mol. The van der Waals surface area contributed by atoms with Crippen molar-refractivity contribution in [1.82, 2.24) is 24.9 Å². The summed E-state index contributed by atoms with van der Waals surface area (Å²) in [6.07, 6.45) is -2.13. The third-order valence-electron chi connectivity index (χ3n) is 4.85. The number of hydrogen-bond donors (Lipinski definition) is 2. The Morgan fingerprint density at radius 2 is 2.00 bits per heavy atom. The molecular weight excluding hydrogens is 357 g/mol. The zero-order valence-electron chi connectivity index (χ0n) is 14.9. The van der Waals surface area contributed by atoms with Crippen LogP contribution in [0.3, 0.4) is 0 Å². The number of anilines is 1. The summed E-state index contributed by atoms with van der Waals surface area (Å²) in [4.78, 5) is 4.54. The van der Waals surface area contributed by atoms with Gasteiger partial charge < -0.3 is 10.6 Å². The molecule has 0 saturated heterocycles. The highest BCUT2D eigenvalue weighted by Gasteiger charge is 2.25. The summed E-state index contributed by atoms with van der Waals surface area (Å²) in [5.41, 5.74) is 1.54. The molecule has 2 N–H and O–H groups in total. The maximum Gasteiger partial charge on any atom is 0.266 e. The molecule has 142 valence electrons. The van der Waals surface area contributed by atoms with Crippen molar-refractivity contribution in [3.63, 3.8) is 0 Å². The summed E-state index contributed by atoms with van der Waals surface area (Å²) in [7, 11) is 0. The van der Waals surface area contributed by atoms with Gasteiger partial charge in [-0.1, -0.05) is 25.1 Å². The lowest BCUT2D eigenvalue weighted by atomic mass is 10.0. The molecule has 0 spiro atoms. The summed E-state index contributed by atoms with van der Waals surface area (Å²) in [5.74, 6) is 0.963. The van der Waals surface area contributed by atoms with E-state index in [-0.39, 0.29) is 5.56 Å². The fourth-order valence-electron chi connectivity index (χ4n) is 3.48. The Labute approximate surface area is 153 Å². The normalized spacial score (nSPS) is 14.7. The van der Waals surface area contributed by atoms with E-state index in [1.165, 1.54) is 12.1 Å². The third-order valence-corrected chi connectivity index (χ3v) is 4.85. The molecule has 0 bridgehead atoms. The number of aryl methyl sites for hydroxylation is 1. The zero-order valence-corrected chi connectivity index (χ0v) is 14.9. The highest BCUT2D eigenvalue weighted by molar-refractivity contribution is 5.55. The van der Waals surface area contributed by atoms with Crippen molar-refractivity contribution in [3.05, 3.63) is 52.2 Å². The number of nitrogens with one attached hydrogen (secondary N) is 2. The number of fused-ring (bicyclic) bond motifs is 3. The van der Waals surface area contributed by atoms with Crippen LogP contribution in [-0.4, -0.2) is 19.6 Å². The summed E-state index contributed by atoms with van der Waals surface area (Å²) >= 11 is 0. The number of benzene rings is 1. The largest absolute Gasteiger partial charge is 0.363 e. The molecule has 3 aromatic rings. The van der Waals surface area contributed by atoms with Gasteiger partial charge in [0.1, 0.15) is 17.5 Å². The molecule has 1 aliphatic heterocycles. The van der Waals surface area contributed by atoms with Gasteiger partial charge in [-0.3, -0.25) is 4.40 Å². The highest BCUT2D eigenvalue weighted by Crippen LogP contribution is 2.31. The number of alkyl halides is 2. The summed E-state index contributed by atoms with van der Waals surface area (Å²) in [6.45, 7) is 4.97. The van der Waals surface area contributed by atoms with E-state index in [0.29, 0.717) is 24.7 Å². The van der Waals surface area contributed by atoms with E-state index in [1.807, 2.05) is 11.3 Å². The van der Waals surface area contributed by atoms with E-state index in [1.54, 1.807) is 6.92 Å². The molecular formula is C18H19F3N6. The van der Waals surface area contributed by atoms with Gasteiger partial charge in [-0.2, -0.15) is 4.98 Å². The van der Waals surface area contributed by atoms with E-state index in [4.69, 9.17) is 0 Å². The molecule has 0 amide bonds. The maximum atomic E-state index is 14.5. The van der Waals surface area contributed by atoms with Crippen LogP contribution in [0.4, 0.5) is 19.0 Å². The summed E-state index contributed by atoms with van der Waals surface area (Å²) in [6, 6.07) is 3.50. The Balaban J connectivity index is 1.73. The number of nitrogens with zero attached hydrogens (tertiary/aromatic N) is 4. The van der Waals surface area contributed by atoms with Crippen LogP contribution in [0.1, 0.15) is 54.5 Å². The molecule has 27 heavy (non-hydrogen) atoms. The quantitative estimate of drug-likeness (QED) is 0.713. The van der Waals surface area contributed by atoms with Crippen molar-refractivity contribution in [2.45, 2.75) is 45.8 Å². The van der Waals surface area contributed by atoms with E-state index < -0.39 is 23.8 Å². The number of halogens is 3. The van der Waals surface area contributed by atoms with Gasteiger partial charge in [0, 0.05) is 36.3 Å². The van der Waals surface area contributed by atoms with Crippen LogP contribution < -0.4 is 10.6 Å². The molecule has 0 fully saturated rings. The predicted octanol–water partition coefficient (Wildman–Crippen LogP) is 3.54. The molecule has 2 aromatic heterocycles. The molecule has 0 saturated carbocycles. The predicted molar refractivity (Wildman–Crippen MR) is 94.1 cm³/mol. The first kappa shape index (κ1) is 17.7. The van der Waals surface area contributed by atoms with Gasteiger partial charge in [-0.15, -0.1) is 10.2 Å². The molecule has 1 atom stereocenters. The number of hydrogen-bond acceptors (Lipinski definition) is 5. The van der Waals surface area contributed by atoms with Gasteiger partial charge in [-0.05, 0) is 6.92 Å². The topological polar surface area (TPSA) is 67.1 Å². The molecule has 1 aliphatic rings. The van der Waals surface area contributed by atoms with E-state index in [2.05, 4.69) is 25.8 Å². The minimum atomic E-state index is -2.86. The standard InChI is InChI=1S/C18H19F3N6/c1-3-14-25-26-18-24-17(12-7-22-8-13(12)27(14)18)23-9(2)10-5-4-6-11(15(10)19)16(20)21/h4-6,9,16,22H,3,7-8H2,1-2H3,(H,23,24,26). The average Bonchev–Trinajstić information content (AvgIpc) is 3.27. The van der Waals surface area contributed by atoms with Crippen LogP contribution in [0.2, 0.25) is 0 Å². The van der Waals surface area contributed by atoms with Gasteiger partial charge in [0.15, 0.2) is 0 Å². The lowest BCUT2D eigenvalue weighted by molar-refractivity contribution is 0.146. The smallest absolute Gasteiger partial charge is 0.266 e. The van der Waals surface area contributed by atoms with Gasteiger partial charge in [0.05, 0.1) is 11.6 Å². The van der Waals surface area contributed by atoms with Crippen LogP contribution >= 0.6 is 0 Å². The van der Waals surface area contributed by atoms with Crippen LogP contribution in [0.25, 0.3) is 5.78 Å². The Hall–Kier alpha value is -2.68. The Bertz CT molecular complexity index is 1000. The third kappa shape index (κ3) is 2.91. The Kier molecular flexibility index (Phi) is 4.47. The van der Waals surface area contributed by atoms with Crippen LogP contribution in [0.15, 0.2) is 18.2 Å². The fourth-order valence-corrected chi connectivity index (χ4v) is 3.48. The molecule has 4 rings (SSSR count). The first-order valence-electron chi connectivity index (χ1n) is 8.80. The second-order valence-corrected chi connectivity index (χ2v) is 6.51. The average molecular weight is 376 g/mol. The summed E-state index contributed by atoms with van der Waals surface area (Å²) in [5, 5.41) is 14.7. The lowest BCUT2D eigenvalue weighted by Gasteiger charge is -2.19. The number of rotatable bonds is 5. The highest BCUT2D eigenvalue weighted by atomic mass is 19.3. The van der Waals surface area contributed by atoms with Crippen molar-refractivity contribution in [3.8, 4) is 0 Å². The second-order valence-electron chi connectivity index (χ2n) is 6.51. The molecule has 0 aliphatic carbocycles. The second kappa shape index (κ2) is 6.80. The van der Waals surface area contributed by atoms with E-state index >= 15 is 0 Å². The van der Waals surface area contributed by atoms with Gasteiger partial charge in [0.25, 0.3) is 12.2 Å². The van der Waals surface area contributed by atoms with Crippen LogP contribution in [0, 0.1) is 5.82 Å². The minimum absolute atomic E-state index is 0.171. The first-order chi connectivity index (χ1) is 13.0. The Morgan fingerprint density at radius 3 is 2.74 bits per heavy atom. The van der Waals surface area contributed by atoms with Crippen molar-refractivity contribution in [2.75, 3.05) is 5.32 Å². The minimum Gasteiger partial charge on any atom is -0.363 e. The zero-order chi connectivity index (χ0) is 19.1. The number of aromatic nitrogens is 4. The van der Waals surface area contributed by atoms with Crippen molar-refractivity contribution in [1.29, 1.82) is 0 Å². The Morgan fingerprint density at radius 1 is 1.22 bits per heavy atom. The molecule has 9 heteroatoms. The van der Waals surface area contributed by atoms with Crippen molar-refractivity contribution >= 4 is 11.6 Å². The van der Waals surface area contributed by atoms with Gasteiger partial charge in [-0.25, -0.2) is 13.2 Å². The van der Waals surface area contributed by atoms with Crippen LogP contribution in [0.5, 0.6) is 0 Å². The van der Waals surface area contributed by atoms with E-state index in [9.17, 15) is 13.2 Å². The maximum absolute atomic E-state index is 14.5. The SMILES string of the molecule is CCc1nnc2nc(NC(C)c3cccc(C(F)F)c3F)c3c(n12)CNC3. The van der Waals surface area contributed by atoms with Gasteiger partial charge in [0.2, 0.25) is 0 Å².